The van der Waals surface area contributed by atoms with Gasteiger partial charge in [-0.25, -0.2) is 4.98 Å². The maximum Gasteiger partial charge on any atom is 0.254 e. The number of rotatable bonds is 8. The van der Waals surface area contributed by atoms with Gasteiger partial charge in [-0.2, -0.15) is 0 Å². The topological polar surface area (TPSA) is 62.3 Å². The molecule has 0 bridgehead atoms. The molecule has 0 saturated heterocycles. The van der Waals surface area contributed by atoms with Gasteiger partial charge in [-0.05, 0) is 37.6 Å². The highest BCUT2D eigenvalue weighted by Gasteiger charge is 2.19. The fourth-order valence-electron chi connectivity index (χ4n) is 2.32. The molecular formula is C18H22ClN3O2S. The molecule has 0 radical (unpaired) electrons. The average molecular weight is 380 g/mol. The first kappa shape index (κ1) is 19.4. The molecule has 1 heterocycles. The van der Waals surface area contributed by atoms with Gasteiger partial charge in [0.05, 0.1) is 5.69 Å². The van der Waals surface area contributed by atoms with E-state index in [1.807, 2.05) is 12.3 Å². The minimum absolute atomic E-state index is 0.00377. The van der Waals surface area contributed by atoms with E-state index < -0.39 is 0 Å². The summed E-state index contributed by atoms with van der Waals surface area (Å²) in [6.45, 7) is 4.51. The Morgan fingerprint density at radius 3 is 2.56 bits per heavy atom. The Morgan fingerprint density at radius 1 is 1.24 bits per heavy atom. The van der Waals surface area contributed by atoms with Gasteiger partial charge in [0.15, 0.2) is 5.13 Å². The summed E-state index contributed by atoms with van der Waals surface area (Å²) in [4.78, 5) is 30.8. The monoisotopic (exact) mass is 379 g/mol. The van der Waals surface area contributed by atoms with Crippen LogP contribution in [-0.2, 0) is 4.79 Å². The van der Waals surface area contributed by atoms with Crippen molar-refractivity contribution >= 4 is 39.9 Å². The number of amides is 2. The van der Waals surface area contributed by atoms with Crippen molar-refractivity contribution in [3.63, 3.8) is 0 Å². The average Bonchev–Trinajstić information content (AvgIpc) is 2.99. The lowest BCUT2D eigenvalue weighted by molar-refractivity contribution is -0.116. The van der Waals surface area contributed by atoms with Crippen LogP contribution in [0.4, 0.5) is 5.13 Å². The smallest absolute Gasteiger partial charge is 0.254 e. The third-order valence-electron chi connectivity index (χ3n) is 3.61. The first-order chi connectivity index (χ1) is 12.0. The van der Waals surface area contributed by atoms with E-state index in [4.69, 9.17) is 11.6 Å². The van der Waals surface area contributed by atoms with Gasteiger partial charge in [0.1, 0.15) is 6.54 Å². The van der Waals surface area contributed by atoms with Gasteiger partial charge >= 0.3 is 0 Å². The lowest BCUT2D eigenvalue weighted by Gasteiger charge is -2.22. The molecule has 0 aliphatic carbocycles. The molecule has 0 atom stereocenters. The fraction of sp³-hybridized carbons (Fsp3) is 0.389. The Kier molecular flexibility index (Phi) is 7.40. The zero-order chi connectivity index (χ0) is 18.2. The number of aryl methyl sites for hydroxylation is 1. The van der Waals surface area contributed by atoms with Gasteiger partial charge in [-0.15, -0.1) is 11.3 Å². The molecule has 7 heteroatoms. The van der Waals surface area contributed by atoms with Gasteiger partial charge in [0.2, 0.25) is 5.91 Å². The summed E-state index contributed by atoms with van der Waals surface area (Å²) in [5.74, 6) is -0.411. The molecule has 0 spiro atoms. The van der Waals surface area contributed by atoms with Crippen LogP contribution in [0.5, 0.6) is 0 Å². The molecule has 5 nitrogen and oxygen atoms in total. The maximum atomic E-state index is 12.7. The van der Waals surface area contributed by atoms with Crippen molar-refractivity contribution in [2.45, 2.75) is 33.1 Å². The Labute approximate surface area is 157 Å². The normalized spacial score (nSPS) is 10.5. The molecule has 134 valence electrons. The first-order valence-corrected chi connectivity index (χ1v) is 9.52. The molecule has 2 aromatic rings. The summed E-state index contributed by atoms with van der Waals surface area (Å²) in [6.07, 6.45) is 2.92. The highest BCUT2D eigenvalue weighted by atomic mass is 35.5. The van der Waals surface area contributed by atoms with Crippen molar-refractivity contribution in [1.29, 1.82) is 0 Å². The highest BCUT2D eigenvalue weighted by molar-refractivity contribution is 7.13. The molecule has 0 unspecified atom stereocenters. The molecule has 1 aromatic carbocycles. The van der Waals surface area contributed by atoms with Crippen LogP contribution in [-0.4, -0.2) is 34.8 Å². The number of unbranched alkanes of at least 4 members (excludes halogenated alkanes) is 2. The van der Waals surface area contributed by atoms with Crippen molar-refractivity contribution in [2.75, 3.05) is 18.4 Å². The van der Waals surface area contributed by atoms with Crippen molar-refractivity contribution in [1.82, 2.24) is 9.88 Å². The van der Waals surface area contributed by atoms with Crippen LogP contribution < -0.4 is 5.32 Å². The minimum atomic E-state index is -0.242. The summed E-state index contributed by atoms with van der Waals surface area (Å²) >= 11 is 7.25. The van der Waals surface area contributed by atoms with Crippen LogP contribution in [0.3, 0.4) is 0 Å². The Morgan fingerprint density at radius 2 is 1.96 bits per heavy atom. The van der Waals surface area contributed by atoms with Gasteiger partial charge in [-0.1, -0.05) is 31.4 Å². The number of anilines is 1. The lowest BCUT2D eigenvalue weighted by Crippen LogP contribution is -2.38. The molecular weight excluding hydrogens is 358 g/mol. The van der Waals surface area contributed by atoms with E-state index >= 15 is 0 Å². The van der Waals surface area contributed by atoms with E-state index in [0.717, 1.165) is 25.0 Å². The van der Waals surface area contributed by atoms with Gasteiger partial charge in [0.25, 0.3) is 5.91 Å². The van der Waals surface area contributed by atoms with E-state index in [0.29, 0.717) is 22.3 Å². The zero-order valence-electron chi connectivity index (χ0n) is 14.4. The largest absolute Gasteiger partial charge is 0.329 e. The summed E-state index contributed by atoms with van der Waals surface area (Å²) in [5, 5.41) is 5.75. The quantitative estimate of drug-likeness (QED) is 0.692. The molecule has 1 N–H and O–H groups in total. The number of nitrogens with one attached hydrogen (secondary N) is 1. The summed E-state index contributed by atoms with van der Waals surface area (Å²) in [6, 6.07) is 6.72. The number of hydrogen-bond acceptors (Lipinski definition) is 4. The van der Waals surface area contributed by atoms with Gasteiger partial charge in [0, 0.05) is 22.5 Å². The summed E-state index contributed by atoms with van der Waals surface area (Å²) in [5.41, 5.74) is 1.39. The van der Waals surface area contributed by atoms with Crippen LogP contribution in [0, 0.1) is 6.92 Å². The number of carbonyl (C=O) groups is 2. The van der Waals surface area contributed by atoms with E-state index in [1.54, 1.807) is 29.2 Å². The van der Waals surface area contributed by atoms with Crippen LogP contribution >= 0.6 is 22.9 Å². The van der Waals surface area contributed by atoms with Crippen LogP contribution in [0.15, 0.2) is 29.6 Å². The number of carbonyl (C=O) groups excluding carboxylic acids is 2. The second-order valence-corrected chi connectivity index (χ2v) is 7.08. The predicted octanol–water partition coefficient (Wildman–Crippen LogP) is 4.38. The number of thiazole rings is 1. The molecule has 25 heavy (non-hydrogen) atoms. The molecule has 1 aromatic heterocycles. The second kappa shape index (κ2) is 9.53. The van der Waals surface area contributed by atoms with E-state index in [1.165, 1.54) is 11.3 Å². The zero-order valence-corrected chi connectivity index (χ0v) is 16.0. The van der Waals surface area contributed by atoms with Gasteiger partial charge < -0.3 is 10.2 Å². The van der Waals surface area contributed by atoms with Crippen LogP contribution in [0.25, 0.3) is 0 Å². The summed E-state index contributed by atoms with van der Waals surface area (Å²) < 4.78 is 0. The minimum Gasteiger partial charge on any atom is -0.329 e. The summed E-state index contributed by atoms with van der Waals surface area (Å²) in [7, 11) is 0. The molecule has 0 fully saturated rings. The molecule has 0 aliphatic rings. The number of nitrogens with zero attached hydrogens (tertiary/aromatic N) is 2. The maximum absolute atomic E-state index is 12.7. The number of hydrogen-bond donors (Lipinski definition) is 1. The fourth-order valence-corrected chi connectivity index (χ4v) is 3.15. The van der Waals surface area contributed by atoms with Crippen LogP contribution in [0.1, 0.15) is 42.2 Å². The molecule has 2 amide bonds. The Hall–Kier alpha value is -1.92. The predicted molar refractivity (Wildman–Crippen MR) is 102 cm³/mol. The van der Waals surface area contributed by atoms with Crippen molar-refractivity contribution in [2.24, 2.45) is 0 Å². The second-order valence-electron chi connectivity index (χ2n) is 5.78. The highest BCUT2D eigenvalue weighted by Crippen LogP contribution is 2.15. The van der Waals surface area contributed by atoms with Gasteiger partial charge in [-0.3, -0.25) is 9.59 Å². The van der Waals surface area contributed by atoms with Crippen molar-refractivity contribution in [3.8, 4) is 0 Å². The standard InChI is InChI=1S/C18H22ClN3O2S/c1-3-4-5-10-22(17(24)14-6-8-15(19)9-7-14)11-16(23)21-18-20-13(2)12-25-18/h6-9,12H,3-5,10-11H2,1-2H3,(H,20,21,23). The van der Waals surface area contributed by atoms with E-state index in [9.17, 15) is 9.59 Å². The van der Waals surface area contributed by atoms with Crippen molar-refractivity contribution in [3.05, 3.63) is 45.9 Å². The molecule has 0 aliphatic heterocycles. The number of benzene rings is 1. The van der Waals surface area contributed by atoms with Crippen molar-refractivity contribution < 1.29 is 9.59 Å². The SMILES string of the molecule is CCCCCN(CC(=O)Nc1nc(C)cs1)C(=O)c1ccc(Cl)cc1. The number of aromatic nitrogens is 1. The van der Waals surface area contributed by atoms with Crippen LogP contribution in [0.2, 0.25) is 5.02 Å². The molecule has 2 rings (SSSR count). The Balaban J connectivity index is 2.04. The first-order valence-electron chi connectivity index (χ1n) is 8.26. The number of halogens is 1. The van der Waals surface area contributed by atoms with E-state index in [-0.39, 0.29) is 18.4 Å². The molecule has 0 saturated carbocycles. The third kappa shape index (κ3) is 6.14. The van der Waals surface area contributed by atoms with E-state index in [2.05, 4.69) is 17.2 Å². The lowest BCUT2D eigenvalue weighted by atomic mass is 10.1. The third-order valence-corrected chi connectivity index (χ3v) is 4.74. The Bertz CT molecular complexity index is 715.